The third kappa shape index (κ3) is 2.95. The van der Waals surface area contributed by atoms with Crippen LogP contribution < -0.4 is 0 Å². The van der Waals surface area contributed by atoms with Crippen LogP contribution in [-0.2, 0) is 9.53 Å². The molecule has 2 aliphatic rings. The van der Waals surface area contributed by atoms with Gasteiger partial charge in [0.05, 0.1) is 13.2 Å². The number of Topliss-reactive ketones (excluding diaryl/α,β-unsaturated/α-hetero) is 1. The topological polar surface area (TPSA) is 29.5 Å². The monoisotopic (exact) mass is 229 g/mol. The van der Waals surface area contributed by atoms with Crippen molar-refractivity contribution in [3.63, 3.8) is 0 Å². The molecule has 0 spiro atoms. The predicted molar refractivity (Wildman–Crippen MR) is 62.3 cm³/mol. The highest BCUT2D eigenvalue weighted by molar-refractivity contribution is 7.99. The second-order valence-electron chi connectivity index (χ2n) is 4.46. The van der Waals surface area contributed by atoms with Gasteiger partial charge in [0.25, 0.3) is 0 Å². The number of thioether (sulfide) groups is 1. The number of nitrogens with zero attached hydrogens (tertiary/aromatic N) is 1. The standard InChI is InChI=1S/C11H19NO2S/c1-12(10-3-5-15-8-10)6-11(13)9-2-4-14-7-9/h9-10H,2-8H2,1H3. The molecule has 0 N–H and O–H groups in total. The van der Waals surface area contributed by atoms with Crippen molar-refractivity contribution in [2.45, 2.75) is 18.9 Å². The molecule has 2 atom stereocenters. The van der Waals surface area contributed by atoms with Gasteiger partial charge in [0.2, 0.25) is 0 Å². The molecule has 0 aromatic heterocycles. The normalized spacial score (nSPS) is 31.3. The van der Waals surface area contributed by atoms with Gasteiger partial charge in [0.1, 0.15) is 0 Å². The minimum atomic E-state index is 0.168. The average molecular weight is 229 g/mol. The molecule has 0 bridgehead atoms. The lowest BCUT2D eigenvalue weighted by atomic mass is 10.0. The maximum Gasteiger partial charge on any atom is 0.152 e. The number of hydrogen-bond acceptors (Lipinski definition) is 4. The van der Waals surface area contributed by atoms with E-state index in [0.29, 0.717) is 25.0 Å². The summed E-state index contributed by atoms with van der Waals surface area (Å²) in [4.78, 5) is 14.1. The molecule has 2 heterocycles. The molecule has 0 aliphatic carbocycles. The number of hydrogen-bond donors (Lipinski definition) is 0. The Kier molecular flexibility index (Phi) is 4.05. The molecular weight excluding hydrogens is 210 g/mol. The largest absolute Gasteiger partial charge is 0.381 e. The van der Waals surface area contributed by atoms with Crippen LogP contribution in [0.2, 0.25) is 0 Å². The lowest BCUT2D eigenvalue weighted by Gasteiger charge is -2.23. The zero-order chi connectivity index (χ0) is 10.7. The fourth-order valence-corrected chi connectivity index (χ4v) is 3.46. The zero-order valence-corrected chi connectivity index (χ0v) is 10.1. The van der Waals surface area contributed by atoms with E-state index in [1.807, 2.05) is 11.8 Å². The van der Waals surface area contributed by atoms with E-state index in [4.69, 9.17) is 4.74 Å². The molecule has 86 valence electrons. The Balaban J connectivity index is 1.77. The Hall–Kier alpha value is -0.0600. The quantitative estimate of drug-likeness (QED) is 0.720. The van der Waals surface area contributed by atoms with Crippen molar-refractivity contribution in [1.29, 1.82) is 0 Å². The van der Waals surface area contributed by atoms with Crippen LogP contribution in [0.25, 0.3) is 0 Å². The van der Waals surface area contributed by atoms with Gasteiger partial charge >= 0.3 is 0 Å². The molecule has 0 aromatic carbocycles. The number of likely N-dealkylation sites (N-methyl/N-ethyl adjacent to an activating group) is 1. The van der Waals surface area contributed by atoms with Crippen molar-refractivity contribution < 1.29 is 9.53 Å². The van der Waals surface area contributed by atoms with Crippen molar-refractivity contribution in [1.82, 2.24) is 4.90 Å². The van der Waals surface area contributed by atoms with Gasteiger partial charge in [-0.15, -0.1) is 0 Å². The minimum Gasteiger partial charge on any atom is -0.381 e. The van der Waals surface area contributed by atoms with Gasteiger partial charge < -0.3 is 4.74 Å². The van der Waals surface area contributed by atoms with Crippen molar-refractivity contribution in [3.8, 4) is 0 Å². The predicted octanol–water partition coefficient (Wildman–Crippen LogP) is 1.03. The smallest absolute Gasteiger partial charge is 0.152 e. The Labute approximate surface area is 95.5 Å². The summed E-state index contributed by atoms with van der Waals surface area (Å²) in [7, 11) is 2.07. The summed E-state index contributed by atoms with van der Waals surface area (Å²) < 4.78 is 5.24. The maximum atomic E-state index is 11.9. The highest BCUT2D eigenvalue weighted by Crippen LogP contribution is 2.22. The lowest BCUT2D eigenvalue weighted by molar-refractivity contribution is -0.124. The van der Waals surface area contributed by atoms with Crippen LogP contribution in [-0.4, -0.2) is 55.0 Å². The van der Waals surface area contributed by atoms with Gasteiger partial charge in [-0.1, -0.05) is 0 Å². The molecule has 0 amide bonds. The van der Waals surface area contributed by atoms with Crippen LogP contribution in [0.15, 0.2) is 0 Å². The van der Waals surface area contributed by atoms with E-state index in [1.54, 1.807) is 0 Å². The summed E-state index contributed by atoms with van der Waals surface area (Å²) in [5.74, 6) is 2.97. The first-order chi connectivity index (χ1) is 7.27. The summed E-state index contributed by atoms with van der Waals surface area (Å²) in [6.07, 6.45) is 2.15. The van der Waals surface area contributed by atoms with Crippen molar-refractivity contribution >= 4 is 17.5 Å². The van der Waals surface area contributed by atoms with Crippen LogP contribution in [0.3, 0.4) is 0 Å². The van der Waals surface area contributed by atoms with Crippen LogP contribution in [0.4, 0.5) is 0 Å². The Morgan fingerprint density at radius 2 is 2.40 bits per heavy atom. The molecule has 2 unspecified atom stereocenters. The SMILES string of the molecule is CN(CC(=O)C1CCOC1)C1CCSC1. The minimum absolute atomic E-state index is 0.168. The highest BCUT2D eigenvalue weighted by atomic mass is 32.2. The first kappa shape index (κ1) is 11.4. The summed E-state index contributed by atoms with van der Waals surface area (Å²) >= 11 is 1.99. The van der Waals surface area contributed by atoms with Crippen LogP contribution in [0.5, 0.6) is 0 Å². The van der Waals surface area contributed by atoms with E-state index in [9.17, 15) is 4.79 Å². The molecule has 4 heteroatoms. The highest BCUT2D eigenvalue weighted by Gasteiger charge is 2.27. The van der Waals surface area contributed by atoms with Gasteiger partial charge in [0, 0.05) is 24.3 Å². The summed E-state index contributed by atoms with van der Waals surface area (Å²) in [6, 6.07) is 0.612. The van der Waals surface area contributed by atoms with Gasteiger partial charge in [-0.25, -0.2) is 0 Å². The van der Waals surface area contributed by atoms with E-state index in [1.165, 1.54) is 17.9 Å². The number of ether oxygens (including phenoxy) is 1. The summed E-state index contributed by atoms with van der Waals surface area (Å²) in [5.41, 5.74) is 0. The molecule has 3 nitrogen and oxygen atoms in total. The molecule has 0 saturated carbocycles. The van der Waals surface area contributed by atoms with E-state index in [0.717, 1.165) is 13.0 Å². The molecule has 2 rings (SSSR count). The lowest BCUT2D eigenvalue weighted by Crippen LogP contribution is -2.38. The first-order valence-corrected chi connectivity index (χ1v) is 6.81. The Morgan fingerprint density at radius 1 is 1.53 bits per heavy atom. The summed E-state index contributed by atoms with van der Waals surface area (Å²) in [5, 5.41) is 0. The number of carbonyl (C=O) groups is 1. The Morgan fingerprint density at radius 3 is 3.00 bits per heavy atom. The molecular formula is C11H19NO2S. The van der Waals surface area contributed by atoms with E-state index >= 15 is 0 Å². The fraction of sp³-hybridized carbons (Fsp3) is 0.909. The molecule has 0 radical (unpaired) electrons. The molecule has 2 fully saturated rings. The average Bonchev–Trinajstić information content (AvgIpc) is 2.91. The van der Waals surface area contributed by atoms with E-state index in [2.05, 4.69) is 11.9 Å². The first-order valence-electron chi connectivity index (χ1n) is 5.66. The van der Waals surface area contributed by atoms with Crippen molar-refractivity contribution in [3.05, 3.63) is 0 Å². The number of ketones is 1. The fourth-order valence-electron chi connectivity index (χ4n) is 2.16. The molecule has 15 heavy (non-hydrogen) atoms. The van der Waals surface area contributed by atoms with Gasteiger partial charge in [0.15, 0.2) is 5.78 Å². The van der Waals surface area contributed by atoms with Crippen LogP contribution in [0.1, 0.15) is 12.8 Å². The van der Waals surface area contributed by atoms with E-state index in [-0.39, 0.29) is 5.92 Å². The molecule has 2 saturated heterocycles. The molecule has 0 aromatic rings. The third-order valence-corrected chi connectivity index (χ3v) is 4.46. The van der Waals surface area contributed by atoms with Crippen LogP contribution in [0, 0.1) is 5.92 Å². The Bertz CT molecular complexity index is 223. The summed E-state index contributed by atoms with van der Waals surface area (Å²) in [6.45, 7) is 2.02. The third-order valence-electron chi connectivity index (χ3n) is 3.32. The van der Waals surface area contributed by atoms with Gasteiger partial charge in [-0.2, -0.15) is 11.8 Å². The number of rotatable bonds is 4. The van der Waals surface area contributed by atoms with Crippen molar-refractivity contribution in [2.24, 2.45) is 5.92 Å². The van der Waals surface area contributed by atoms with Crippen molar-refractivity contribution in [2.75, 3.05) is 38.3 Å². The number of carbonyl (C=O) groups excluding carboxylic acids is 1. The molecule has 2 aliphatic heterocycles. The van der Waals surface area contributed by atoms with E-state index < -0.39 is 0 Å². The van der Waals surface area contributed by atoms with Gasteiger partial charge in [-0.3, -0.25) is 9.69 Å². The second kappa shape index (κ2) is 5.32. The zero-order valence-electron chi connectivity index (χ0n) is 9.28. The maximum absolute atomic E-state index is 11.9. The second-order valence-corrected chi connectivity index (χ2v) is 5.61. The van der Waals surface area contributed by atoms with Crippen LogP contribution >= 0.6 is 11.8 Å². The van der Waals surface area contributed by atoms with Gasteiger partial charge in [-0.05, 0) is 25.6 Å².